The van der Waals surface area contributed by atoms with Crippen LogP contribution in [0.15, 0.2) is 11.1 Å². The summed E-state index contributed by atoms with van der Waals surface area (Å²) in [6.45, 7) is 10.9. The van der Waals surface area contributed by atoms with Gasteiger partial charge in [-0.15, -0.1) is 0 Å². The van der Waals surface area contributed by atoms with Crippen LogP contribution in [-0.2, 0) is 0 Å². The molecule has 0 rings (SSSR count). The van der Waals surface area contributed by atoms with Gasteiger partial charge in [0.25, 0.3) is 0 Å². The van der Waals surface area contributed by atoms with Gasteiger partial charge < -0.3 is 5.41 Å². The Labute approximate surface area is 76.4 Å². The molecule has 0 spiro atoms. The Morgan fingerprint density at radius 2 is 1.67 bits per heavy atom. The van der Waals surface area contributed by atoms with Crippen LogP contribution in [0.1, 0.15) is 41.0 Å². The Morgan fingerprint density at radius 1 is 1.17 bits per heavy atom. The minimum absolute atomic E-state index is 0.486. The lowest BCUT2D eigenvalue weighted by molar-refractivity contribution is 0.687. The van der Waals surface area contributed by atoms with Gasteiger partial charge in [0.15, 0.2) is 0 Å². The zero-order chi connectivity index (χ0) is 9.72. The maximum absolute atomic E-state index is 7.33. The Kier molecular flexibility index (Phi) is 4.87. The first-order valence-electron chi connectivity index (χ1n) is 4.77. The van der Waals surface area contributed by atoms with Gasteiger partial charge in [0.05, 0.1) is 0 Å². The van der Waals surface area contributed by atoms with E-state index >= 15 is 0 Å². The minimum atomic E-state index is 0.486. The predicted octanol–water partition coefficient (Wildman–Crippen LogP) is 3.65. The van der Waals surface area contributed by atoms with Crippen molar-refractivity contribution in [2.45, 2.75) is 41.0 Å². The Balaban J connectivity index is 4.87. The highest BCUT2D eigenvalue weighted by molar-refractivity contribution is 5.77. The summed E-state index contributed by atoms with van der Waals surface area (Å²) in [5.74, 6) is 1.06. The fourth-order valence-corrected chi connectivity index (χ4v) is 1.58. The summed E-state index contributed by atoms with van der Waals surface area (Å²) in [6, 6.07) is 0. The lowest BCUT2D eigenvalue weighted by Gasteiger charge is -2.16. The summed E-state index contributed by atoms with van der Waals surface area (Å²) < 4.78 is 0. The lowest BCUT2D eigenvalue weighted by atomic mass is 9.90. The first-order chi connectivity index (χ1) is 5.54. The van der Waals surface area contributed by atoms with E-state index in [0.717, 1.165) is 6.42 Å². The van der Waals surface area contributed by atoms with Gasteiger partial charge in [-0.1, -0.05) is 40.2 Å². The summed E-state index contributed by atoms with van der Waals surface area (Å²) >= 11 is 0. The van der Waals surface area contributed by atoms with Crippen molar-refractivity contribution in [2.75, 3.05) is 0 Å². The highest BCUT2D eigenvalue weighted by Crippen LogP contribution is 2.22. The summed E-state index contributed by atoms with van der Waals surface area (Å²) in [5, 5.41) is 7.33. The molecule has 1 nitrogen and oxygen atoms in total. The van der Waals surface area contributed by atoms with E-state index in [-0.39, 0.29) is 0 Å². The molecule has 0 aliphatic rings. The molecule has 0 unspecified atom stereocenters. The third-order valence-corrected chi connectivity index (χ3v) is 2.23. The molecule has 0 aromatic rings. The van der Waals surface area contributed by atoms with Crippen molar-refractivity contribution in [3.8, 4) is 0 Å². The van der Waals surface area contributed by atoms with Crippen molar-refractivity contribution in [3.05, 3.63) is 11.1 Å². The van der Waals surface area contributed by atoms with Crippen LogP contribution in [0.2, 0.25) is 0 Å². The first-order valence-corrected chi connectivity index (χ1v) is 4.77. The van der Waals surface area contributed by atoms with E-state index in [1.165, 1.54) is 17.4 Å². The molecule has 70 valence electrons. The van der Waals surface area contributed by atoms with Crippen LogP contribution in [-0.4, -0.2) is 6.21 Å². The van der Waals surface area contributed by atoms with Gasteiger partial charge in [0, 0.05) is 6.21 Å². The average molecular weight is 167 g/mol. The van der Waals surface area contributed by atoms with E-state index in [9.17, 15) is 0 Å². The Bertz CT molecular complexity index is 175. The molecule has 0 bridgehead atoms. The van der Waals surface area contributed by atoms with Crippen LogP contribution >= 0.6 is 0 Å². The molecule has 0 radical (unpaired) electrons. The summed E-state index contributed by atoms with van der Waals surface area (Å²) in [4.78, 5) is 0. The van der Waals surface area contributed by atoms with E-state index in [2.05, 4.69) is 34.6 Å². The van der Waals surface area contributed by atoms with Crippen molar-refractivity contribution in [1.29, 1.82) is 5.41 Å². The van der Waals surface area contributed by atoms with Crippen molar-refractivity contribution in [1.82, 2.24) is 0 Å². The van der Waals surface area contributed by atoms with Gasteiger partial charge in [-0.2, -0.15) is 0 Å². The van der Waals surface area contributed by atoms with Gasteiger partial charge in [0.2, 0.25) is 0 Å². The first kappa shape index (κ1) is 11.4. The highest BCUT2D eigenvalue weighted by atomic mass is 14.3. The monoisotopic (exact) mass is 167 g/mol. The van der Waals surface area contributed by atoms with E-state index in [4.69, 9.17) is 5.41 Å². The fourth-order valence-electron chi connectivity index (χ4n) is 1.58. The number of hydrogen-bond acceptors (Lipinski definition) is 1. The quantitative estimate of drug-likeness (QED) is 0.618. The highest BCUT2D eigenvalue weighted by Gasteiger charge is 2.09. The third-order valence-electron chi connectivity index (χ3n) is 2.23. The van der Waals surface area contributed by atoms with Crippen molar-refractivity contribution in [2.24, 2.45) is 11.8 Å². The molecule has 0 heterocycles. The Hall–Kier alpha value is -0.590. The molecule has 0 aliphatic heterocycles. The molecule has 1 heteroatoms. The predicted molar refractivity (Wildman–Crippen MR) is 55.8 cm³/mol. The number of allylic oxidation sites excluding steroid dienone is 2. The van der Waals surface area contributed by atoms with Crippen LogP contribution < -0.4 is 0 Å². The molecule has 0 saturated carbocycles. The maximum Gasteiger partial charge on any atom is 0.0212 e. The molecule has 0 aromatic heterocycles. The van der Waals surface area contributed by atoms with Crippen molar-refractivity contribution >= 4 is 6.21 Å². The van der Waals surface area contributed by atoms with E-state index in [1.54, 1.807) is 0 Å². The van der Waals surface area contributed by atoms with Gasteiger partial charge >= 0.3 is 0 Å². The Morgan fingerprint density at radius 3 is 1.75 bits per heavy atom. The van der Waals surface area contributed by atoms with Crippen LogP contribution in [0.4, 0.5) is 0 Å². The standard InChI is InChI=1S/C11H21N/c1-6-10(8(2)3)11(7-12)9(4)5/h7-9,12H,6H2,1-5H3/b11-10-,12-7?. The van der Waals surface area contributed by atoms with Gasteiger partial charge in [-0.3, -0.25) is 0 Å². The topological polar surface area (TPSA) is 23.9 Å². The second-order valence-electron chi connectivity index (χ2n) is 3.79. The summed E-state index contributed by atoms with van der Waals surface area (Å²) in [5.41, 5.74) is 2.65. The molecule has 0 saturated heterocycles. The molecule has 0 amide bonds. The van der Waals surface area contributed by atoms with E-state index in [0.29, 0.717) is 11.8 Å². The van der Waals surface area contributed by atoms with Crippen molar-refractivity contribution < 1.29 is 0 Å². The molecule has 0 aliphatic carbocycles. The fraction of sp³-hybridized carbons (Fsp3) is 0.727. The van der Waals surface area contributed by atoms with Crippen molar-refractivity contribution in [3.63, 3.8) is 0 Å². The second-order valence-corrected chi connectivity index (χ2v) is 3.79. The molecule has 0 fully saturated rings. The van der Waals surface area contributed by atoms with Crippen LogP contribution in [0, 0.1) is 17.2 Å². The van der Waals surface area contributed by atoms with Crippen LogP contribution in [0.25, 0.3) is 0 Å². The second kappa shape index (κ2) is 5.13. The smallest absolute Gasteiger partial charge is 0.0212 e. The molecular formula is C11H21N. The third kappa shape index (κ3) is 2.80. The molecule has 1 N–H and O–H groups in total. The average Bonchev–Trinajstić information content (AvgIpc) is 1.98. The molecule has 0 atom stereocenters. The maximum atomic E-state index is 7.33. The molecule has 0 aromatic carbocycles. The van der Waals surface area contributed by atoms with Gasteiger partial charge in [-0.05, 0) is 23.8 Å². The zero-order valence-electron chi connectivity index (χ0n) is 8.94. The van der Waals surface area contributed by atoms with Crippen LogP contribution in [0.3, 0.4) is 0 Å². The summed E-state index contributed by atoms with van der Waals surface area (Å²) in [6.07, 6.45) is 2.59. The number of hydrogen-bond donors (Lipinski definition) is 1. The zero-order valence-corrected chi connectivity index (χ0v) is 8.94. The van der Waals surface area contributed by atoms with E-state index in [1.807, 2.05) is 0 Å². The van der Waals surface area contributed by atoms with Gasteiger partial charge in [0.1, 0.15) is 0 Å². The number of nitrogens with one attached hydrogen (secondary N) is 1. The largest absolute Gasteiger partial charge is 0.308 e. The SMILES string of the molecule is CC/C(=C(\C=N)C(C)C)C(C)C. The normalized spacial score (nSPS) is 13.6. The molecular weight excluding hydrogens is 146 g/mol. The summed E-state index contributed by atoms with van der Waals surface area (Å²) in [7, 11) is 0. The van der Waals surface area contributed by atoms with Gasteiger partial charge in [-0.25, -0.2) is 0 Å². The lowest BCUT2D eigenvalue weighted by Crippen LogP contribution is -2.05. The van der Waals surface area contributed by atoms with Crippen LogP contribution in [0.5, 0.6) is 0 Å². The number of rotatable bonds is 4. The molecule has 12 heavy (non-hydrogen) atoms. The minimum Gasteiger partial charge on any atom is -0.308 e. The van der Waals surface area contributed by atoms with E-state index < -0.39 is 0 Å².